The van der Waals surface area contributed by atoms with Gasteiger partial charge in [0.1, 0.15) is 18.2 Å². The van der Waals surface area contributed by atoms with E-state index in [1.807, 2.05) is 0 Å². The van der Waals surface area contributed by atoms with E-state index in [1.54, 1.807) is 13.0 Å². The van der Waals surface area contributed by atoms with Crippen molar-refractivity contribution < 1.29 is 22.3 Å². The number of benzene rings is 2. The SMILES string of the molecule is Cc1ccc(F)cc1COc1ccc(N)cc1C(F)(F)F. The average molecular weight is 299 g/mol. The van der Waals surface area contributed by atoms with Gasteiger partial charge >= 0.3 is 6.18 Å². The summed E-state index contributed by atoms with van der Waals surface area (Å²) in [5.41, 5.74) is 5.64. The Morgan fingerprint density at radius 3 is 2.48 bits per heavy atom. The van der Waals surface area contributed by atoms with Gasteiger partial charge < -0.3 is 10.5 Å². The summed E-state index contributed by atoms with van der Waals surface area (Å²) >= 11 is 0. The molecule has 112 valence electrons. The third-order valence-corrected chi connectivity index (χ3v) is 3.00. The molecule has 0 bridgehead atoms. The van der Waals surface area contributed by atoms with Crippen molar-refractivity contribution in [2.75, 3.05) is 5.73 Å². The minimum atomic E-state index is -4.57. The fraction of sp³-hybridized carbons (Fsp3) is 0.200. The lowest BCUT2D eigenvalue weighted by molar-refractivity contribution is -0.139. The predicted molar refractivity (Wildman–Crippen MR) is 71.3 cm³/mol. The quantitative estimate of drug-likeness (QED) is 0.677. The van der Waals surface area contributed by atoms with Crippen LogP contribution in [-0.2, 0) is 12.8 Å². The van der Waals surface area contributed by atoms with Crippen LogP contribution in [0.1, 0.15) is 16.7 Å². The van der Waals surface area contributed by atoms with Crippen molar-refractivity contribution >= 4 is 5.69 Å². The molecule has 0 radical (unpaired) electrons. The molecule has 6 heteroatoms. The van der Waals surface area contributed by atoms with Crippen LogP contribution in [0.25, 0.3) is 0 Å². The highest BCUT2D eigenvalue weighted by Gasteiger charge is 2.34. The van der Waals surface area contributed by atoms with E-state index in [0.717, 1.165) is 17.7 Å². The molecule has 0 aliphatic heterocycles. The molecule has 2 rings (SSSR count). The van der Waals surface area contributed by atoms with Gasteiger partial charge in [0, 0.05) is 5.69 Å². The smallest absolute Gasteiger partial charge is 0.420 e. The summed E-state index contributed by atoms with van der Waals surface area (Å²) < 4.78 is 57.0. The van der Waals surface area contributed by atoms with E-state index in [0.29, 0.717) is 5.56 Å². The summed E-state index contributed by atoms with van der Waals surface area (Å²) in [6.07, 6.45) is -4.57. The van der Waals surface area contributed by atoms with Crippen LogP contribution in [0.3, 0.4) is 0 Å². The lowest BCUT2D eigenvalue weighted by Crippen LogP contribution is -2.10. The summed E-state index contributed by atoms with van der Waals surface area (Å²) in [6, 6.07) is 7.36. The number of nitrogen functional groups attached to an aromatic ring is 1. The molecule has 2 aromatic rings. The van der Waals surface area contributed by atoms with Gasteiger partial charge in [-0.25, -0.2) is 4.39 Å². The van der Waals surface area contributed by atoms with Gasteiger partial charge in [0.2, 0.25) is 0 Å². The second-order valence-corrected chi connectivity index (χ2v) is 4.61. The largest absolute Gasteiger partial charge is 0.488 e. The molecular weight excluding hydrogens is 286 g/mol. The van der Waals surface area contributed by atoms with Crippen LogP contribution in [0, 0.1) is 12.7 Å². The summed E-state index contributed by atoms with van der Waals surface area (Å²) in [5.74, 6) is -0.798. The van der Waals surface area contributed by atoms with E-state index in [-0.39, 0.29) is 18.0 Å². The Bertz CT molecular complexity index is 653. The van der Waals surface area contributed by atoms with Crippen molar-refractivity contribution in [2.45, 2.75) is 19.7 Å². The molecule has 2 nitrogen and oxygen atoms in total. The second kappa shape index (κ2) is 5.63. The standard InChI is InChI=1S/C15H13F4NO/c1-9-2-3-11(16)6-10(9)8-21-14-5-4-12(20)7-13(14)15(17,18)19/h2-7H,8,20H2,1H3. The van der Waals surface area contributed by atoms with Crippen molar-refractivity contribution in [3.63, 3.8) is 0 Å². The lowest BCUT2D eigenvalue weighted by Gasteiger charge is -2.15. The zero-order valence-corrected chi connectivity index (χ0v) is 11.2. The Hall–Kier alpha value is -2.24. The Balaban J connectivity index is 2.26. The van der Waals surface area contributed by atoms with E-state index >= 15 is 0 Å². The first-order chi connectivity index (χ1) is 9.77. The first-order valence-electron chi connectivity index (χ1n) is 6.12. The topological polar surface area (TPSA) is 35.2 Å². The predicted octanol–water partition coefficient (Wildman–Crippen LogP) is 4.31. The van der Waals surface area contributed by atoms with Gasteiger partial charge in [-0.05, 0) is 48.4 Å². The summed E-state index contributed by atoms with van der Waals surface area (Å²) in [4.78, 5) is 0. The van der Waals surface area contributed by atoms with E-state index in [2.05, 4.69) is 0 Å². The minimum Gasteiger partial charge on any atom is -0.488 e. The van der Waals surface area contributed by atoms with Gasteiger partial charge in [0.05, 0.1) is 5.56 Å². The van der Waals surface area contributed by atoms with E-state index in [4.69, 9.17) is 10.5 Å². The number of ether oxygens (including phenoxy) is 1. The number of halogens is 4. The van der Waals surface area contributed by atoms with Crippen LogP contribution in [0.2, 0.25) is 0 Å². The van der Waals surface area contributed by atoms with E-state index in [1.165, 1.54) is 18.2 Å². The number of alkyl halides is 3. The van der Waals surface area contributed by atoms with Crippen molar-refractivity contribution in [3.8, 4) is 5.75 Å². The molecule has 0 saturated carbocycles. The fourth-order valence-corrected chi connectivity index (χ4v) is 1.85. The molecule has 0 amide bonds. The molecule has 0 aliphatic rings. The van der Waals surface area contributed by atoms with Gasteiger partial charge in [0.15, 0.2) is 0 Å². The summed E-state index contributed by atoms with van der Waals surface area (Å²) in [6.45, 7) is 1.57. The number of hydrogen-bond acceptors (Lipinski definition) is 2. The highest BCUT2D eigenvalue weighted by molar-refractivity contribution is 5.49. The van der Waals surface area contributed by atoms with Crippen molar-refractivity contribution in [1.29, 1.82) is 0 Å². The first-order valence-corrected chi connectivity index (χ1v) is 6.12. The lowest BCUT2D eigenvalue weighted by atomic mass is 10.1. The molecule has 0 saturated heterocycles. The van der Waals surface area contributed by atoms with Crippen LogP contribution in [-0.4, -0.2) is 0 Å². The number of aryl methyl sites for hydroxylation is 1. The Labute approximate surface area is 119 Å². The maximum atomic E-state index is 13.1. The van der Waals surface area contributed by atoms with Gasteiger partial charge in [-0.1, -0.05) is 6.07 Å². The number of hydrogen-bond donors (Lipinski definition) is 1. The zero-order valence-electron chi connectivity index (χ0n) is 11.2. The molecule has 0 heterocycles. The average Bonchev–Trinajstić information content (AvgIpc) is 2.40. The highest BCUT2D eigenvalue weighted by Crippen LogP contribution is 2.37. The third-order valence-electron chi connectivity index (χ3n) is 3.00. The molecule has 0 aliphatic carbocycles. The maximum absolute atomic E-state index is 13.1. The van der Waals surface area contributed by atoms with E-state index < -0.39 is 17.6 Å². The molecule has 0 spiro atoms. The van der Waals surface area contributed by atoms with Crippen molar-refractivity contribution in [3.05, 3.63) is 58.9 Å². The number of anilines is 1. The second-order valence-electron chi connectivity index (χ2n) is 4.61. The van der Waals surface area contributed by atoms with Gasteiger partial charge in [-0.3, -0.25) is 0 Å². The molecule has 0 atom stereocenters. The Morgan fingerprint density at radius 1 is 1.10 bits per heavy atom. The fourth-order valence-electron chi connectivity index (χ4n) is 1.85. The monoisotopic (exact) mass is 299 g/mol. The van der Waals surface area contributed by atoms with Gasteiger partial charge in [0.25, 0.3) is 0 Å². The van der Waals surface area contributed by atoms with Crippen LogP contribution in [0.15, 0.2) is 36.4 Å². The first kappa shape index (κ1) is 15.2. The number of rotatable bonds is 3. The summed E-state index contributed by atoms with van der Waals surface area (Å²) in [7, 11) is 0. The van der Waals surface area contributed by atoms with Gasteiger partial charge in [-0.15, -0.1) is 0 Å². The molecule has 2 aromatic carbocycles. The molecule has 2 N–H and O–H groups in total. The van der Waals surface area contributed by atoms with Crippen molar-refractivity contribution in [2.24, 2.45) is 0 Å². The van der Waals surface area contributed by atoms with Crippen LogP contribution in [0.4, 0.5) is 23.2 Å². The zero-order chi connectivity index (χ0) is 15.6. The van der Waals surface area contributed by atoms with E-state index in [9.17, 15) is 17.6 Å². The third kappa shape index (κ3) is 3.65. The maximum Gasteiger partial charge on any atom is 0.420 e. The van der Waals surface area contributed by atoms with Crippen LogP contribution in [0.5, 0.6) is 5.75 Å². The van der Waals surface area contributed by atoms with Crippen LogP contribution < -0.4 is 10.5 Å². The Morgan fingerprint density at radius 2 is 1.81 bits per heavy atom. The summed E-state index contributed by atoms with van der Waals surface area (Å²) in [5, 5.41) is 0. The van der Waals surface area contributed by atoms with Gasteiger partial charge in [-0.2, -0.15) is 13.2 Å². The van der Waals surface area contributed by atoms with Crippen LogP contribution >= 0.6 is 0 Å². The highest BCUT2D eigenvalue weighted by atomic mass is 19.4. The normalized spacial score (nSPS) is 11.5. The number of nitrogens with two attached hydrogens (primary N) is 1. The Kier molecular flexibility index (Phi) is 4.06. The minimum absolute atomic E-state index is 0.00314. The van der Waals surface area contributed by atoms with Crippen molar-refractivity contribution in [1.82, 2.24) is 0 Å². The molecular formula is C15H13F4NO. The molecule has 21 heavy (non-hydrogen) atoms. The molecule has 0 unspecified atom stereocenters. The molecule has 0 fully saturated rings. The molecule has 0 aromatic heterocycles.